The fraction of sp³-hybridized carbons (Fsp3) is 0.600. The summed E-state index contributed by atoms with van der Waals surface area (Å²) in [4.78, 5) is 0. The molecular formula is C15H23NO2. The van der Waals surface area contributed by atoms with E-state index in [4.69, 9.17) is 9.47 Å². The van der Waals surface area contributed by atoms with Crippen LogP contribution in [0.4, 0.5) is 5.69 Å². The summed E-state index contributed by atoms with van der Waals surface area (Å²) in [6.45, 7) is 5.62. The average molecular weight is 249 g/mol. The van der Waals surface area contributed by atoms with Gasteiger partial charge in [-0.15, -0.1) is 0 Å². The first kappa shape index (κ1) is 13.4. The van der Waals surface area contributed by atoms with Gasteiger partial charge in [0, 0.05) is 25.4 Å². The van der Waals surface area contributed by atoms with Crippen molar-refractivity contribution in [3.05, 3.63) is 30.3 Å². The molecule has 3 heteroatoms. The van der Waals surface area contributed by atoms with E-state index in [1.807, 2.05) is 18.2 Å². The Morgan fingerprint density at radius 3 is 2.72 bits per heavy atom. The van der Waals surface area contributed by atoms with E-state index in [0.717, 1.165) is 44.9 Å². The molecule has 1 N–H and O–H groups in total. The third-order valence-electron chi connectivity index (χ3n) is 3.32. The molecule has 0 aliphatic carbocycles. The van der Waals surface area contributed by atoms with Crippen LogP contribution in [-0.2, 0) is 9.47 Å². The van der Waals surface area contributed by atoms with Crippen LogP contribution >= 0.6 is 0 Å². The van der Waals surface area contributed by atoms with Gasteiger partial charge in [0.05, 0.1) is 12.7 Å². The Kier molecular flexibility index (Phi) is 5.49. The average Bonchev–Trinajstić information content (AvgIpc) is 2.45. The molecule has 2 rings (SSSR count). The first-order valence-electron chi connectivity index (χ1n) is 6.83. The van der Waals surface area contributed by atoms with E-state index in [1.54, 1.807) is 0 Å². The Bertz CT molecular complexity index is 323. The standard InChI is InChI=1S/C15H23NO2/c1-13(11-16-15-5-3-2-4-6-15)18-12-14-7-9-17-10-8-14/h2-6,13-14,16H,7-12H2,1H3. The maximum atomic E-state index is 5.89. The van der Waals surface area contributed by atoms with Crippen molar-refractivity contribution in [2.75, 3.05) is 31.7 Å². The normalized spacial score (nSPS) is 18.5. The lowest BCUT2D eigenvalue weighted by Crippen LogP contribution is -2.26. The van der Waals surface area contributed by atoms with Crippen LogP contribution in [-0.4, -0.2) is 32.5 Å². The molecule has 1 atom stereocenters. The number of rotatable bonds is 6. The lowest BCUT2D eigenvalue weighted by atomic mass is 10.0. The van der Waals surface area contributed by atoms with Crippen LogP contribution in [0.15, 0.2) is 30.3 Å². The van der Waals surface area contributed by atoms with Crippen molar-refractivity contribution in [3.63, 3.8) is 0 Å². The van der Waals surface area contributed by atoms with Crippen molar-refractivity contribution >= 4 is 5.69 Å². The molecule has 1 heterocycles. The molecule has 1 unspecified atom stereocenters. The Balaban J connectivity index is 1.61. The van der Waals surface area contributed by atoms with Crippen molar-refractivity contribution in [2.45, 2.75) is 25.9 Å². The van der Waals surface area contributed by atoms with E-state index in [0.29, 0.717) is 5.92 Å². The van der Waals surface area contributed by atoms with Gasteiger partial charge >= 0.3 is 0 Å². The topological polar surface area (TPSA) is 30.5 Å². The van der Waals surface area contributed by atoms with Crippen LogP contribution in [0.25, 0.3) is 0 Å². The first-order valence-corrected chi connectivity index (χ1v) is 6.83. The van der Waals surface area contributed by atoms with Gasteiger partial charge in [-0.3, -0.25) is 0 Å². The number of hydrogen-bond donors (Lipinski definition) is 1. The van der Waals surface area contributed by atoms with Crippen LogP contribution in [0.5, 0.6) is 0 Å². The lowest BCUT2D eigenvalue weighted by Gasteiger charge is -2.24. The Hall–Kier alpha value is -1.06. The van der Waals surface area contributed by atoms with E-state index in [9.17, 15) is 0 Å². The second kappa shape index (κ2) is 7.39. The Morgan fingerprint density at radius 1 is 1.28 bits per heavy atom. The molecule has 18 heavy (non-hydrogen) atoms. The summed E-state index contributed by atoms with van der Waals surface area (Å²) in [6.07, 6.45) is 2.52. The predicted molar refractivity (Wildman–Crippen MR) is 73.9 cm³/mol. The highest BCUT2D eigenvalue weighted by molar-refractivity contribution is 5.42. The highest BCUT2D eigenvalue weighted by atomic mass is 16.5. The molecule has 0 bridgehead atoms. The second-order valence-corrected chi connectivity index (χ2v) is 4.95. The minimum atomic E-state index is 0.244. The molecule has 0 amide bonds. The van der Waals surface area contributed by atoms with Crippen LogP contribution in [0.1, 0.15) is 19.8 Å². The fourth-order valence-electron chi connectivity index (χ4n) is 2.09. The summed E-state index contributed by atoms with van der Waals surface area (Å²) >= 11 is 0. The molecular weight excluding hydrogens is 226 g/mol. The summed E-state index contributed by atoms with van der Waals surface area (Å²) in [7, 11) is 0. The molecule has 1 fully saturated rings. The van der Waals surface area contributed by atoms with Gasteiger partial charge in [-0.1, -0.05) is 18.2 Å². The van der Waals surface area contributed by atoms with Gasteiger partial charge in [-0.2, -0.15) is 0 Å². The van der Waals surface area contributed by atoms with Crippen molar-refractivity contribution < 1.29 is 9.47 Å². The summed E-state index contributed by atoms with van der Waals surface area (Å²) in [5.74, 6) is 0.679. The van der Waals surface area contributed by atoms with Gasteiger partial charge in [-0.05, 0) is 37.8 Å². The quantitative estimate of drug-likeness (QED) is 0.841. The van der Waals surface area contributed by atoms with Gasteiger partial charge in [0.2, 0.25) is 0 Å². The minimum absolute atomic E-state index is 0.244. The van der Waals surface area contributed by atoms with E-state index in [-0.39, 0.29) is 6.10 Å². The maximum Gasteiger partial charge on any atom is 0.0719 e. The zero-order valence-corrected chi connectivity index (χ0v) is 11.1. The number of benzene rings is 1. The van der Waals surface area contributed by atoms with Crippen molar-refractivity contribution in [3.8, 4) is 0 Å². The summed E-state index contributed by atoms with van der Waals surface area (Å²) in [5.41, 5.74) is 1.15. The molecule has 1 aliphatic rings. The summed E-state index contributed by atoms with van der Waals surface area (Å²) in [6, 6.07) is 10.2. The largest absolute Gasteiger partial charge is 0.382 e. The van der Waals surface area contributed by atoms with Crippen LogP contribution in [0.3, 0.4) is 0 Å². The maximum absolute atomic E-state index is 5.89. The fourth-order valence-corrected chi connectivity index (χ4v) is 2.09. The van der Waals surface area contributed by atoms with Gasteiger partial charge in [0.25, 0.3) is 0 Å². The number of anilines is 1. The first-order chi connectivity index (χ1) is 8.84. The SMILES string of the molecule is CC(CNc1ccccc1)OCC1CCOCC1. The smallest absolute Gasteiger partial charge is 0.0719 e. The van der Waals surface area contributed by atoms with E-state index in [2.05, 4.69) is 24.4 Å². The molecule has 0 saturated carbocycles. The van der Waals surface area contributed by atoms with Crippen molar-refractivity contribution in [1.29, 1.82) is 0 Å². The van der Waals surface area contributed by atoms with Crippen molar-refractivity contribution in [2.24, 2.45) is 5.92 Å². The van der Waals surface area contributed by atoms with Gasteiger partial charge in [0.15, 0.2) is 0 Å². The highest BCUT2D eigenvalue weighted by Crippen LogP contribution is 2.15. The number of nitrogens with one attached hydrogen (secondary N) is 1. The zero-order chi connectivity index (χ0) is 12.6. The zero-order valence-electron chi connectivity index (χ0n) is 11.1. The van der Waals surface area contributed by atoms with E-state index < -0.39 is 0 Å². The predicted octanol–water partition coefficient (Wildman–Crippen LogP) is 2.93. The molecule has 1 saturated heterocycles. The van der Waals surface area contributed by atoms with Gasteiger partial charge < -0.3 is 14.8 Å². The van der Waals surface area contributed by atoms with E-state index >= 15 is 0 Å². The number of para-hydroxylation sites is 1. The highest BCUT2D eigenvalue weighted by Gasteiger charge is 2.15. The van der Waals surface area contributed by atoms with Gasteiger partial charge in [-0.25, -0.2) is 0 Å². The molecule has 0 radical (unpaired) electrons. The molecule has 100 valence electrons. The van der Waals surface area contributed by atoms with Crippen molar-refractivity contribution in [1.82, 2.24) is 0 Å². The third-order valence-corrected chi connectivity index (χ3v) is 3.32. The summed E-state index contributed by atoms with van der Waals surface area (Å²) in [5, 5.41) is 3.38. The lowest BCUT2D eigenvalue weighted by molar-refractivity contribution is -0.000833. The monoisotopic (exact) mass is 249 g/mol. The molecule has 1 aromatic rings. The molecule has 1 aromatic carbocycles. The minimum Gasteiger partial charge on any atom is -0.382 e. The molecule has 3 nitrogen and oxygen atoms in total. The van der Waals surface area contributed by atoms with Crippen LogP contribution < -0.4 is 5.32 Å². The Morgan fingerprint density at radius 2 is 2.00 bits per heavy atom. The number of hydrogen-bond acceptors (Lipinski definition) is 3. The second-order valence-electron chi connectivity index (χ2n) is 4.95. The van der Waals surface area contributed by atoms with Crippen LogP contribution in [0.2, 0.25) is 0 Å². The van der Waals surface area contributed by atoms with E-state index in [1.165, 1.54) is 0 Å². The van der Waals surface area contributed by atoms with Gasteiger partial charge in [0.1, 0.15) is 0 Å². The molecule has 1 aliphatic heterocycles. The number of ether oxygens (including phenoxy) is 2. The molecule has 0 aromatic heterocycles. The van der Waals surface area contributed by atoms with Crippen LogP contribution in [0, 0.1) is 5.92 Å². The summed E-state index contributed by atoms with van der Waals surface area (Å²) < 4.78 is 11.2. The molecule has 0 spiro atoms. The Labute approximate surface area is 109 Å². The third kappa shape index (κ3) is 4.67.